The number of hydrogen-bond donors (Lipinski definition) is 1. The van der Waals surface area contributed by atoms with Gasteiger partial charge in [-0.25, -0.2) is 4.39 Å². The minimum absolute atomic E-state index is 0.0346. The average molecular weight is 221 g/mol. The second-order valence-corrected chi connectivity index (χ2v) is 3.86. The van der Waals surface area contributed by atoms with E-state index in [0.29, 0.717) is 18.5 Å². The Hall–Kier alpha value is -1.37. The molecule has 0 aliphatic heterocycles. The lowest BCUT2D eigenvalue weighted by molar-refractivity contribution is 0.305. The lowest BCUT2D eigenvalue weighted by atomic mass is 10.1. The van der Waals surface area contributed by atoms with Gasteiger partial charge in [0.2, 0.25) is 0 Å². The van der Waals surface area contributed by atoms with Crippen molar-refractivity contribution in [2.24, 2.45) is 0 Å². The highest BCUT2D eigenvalue weighted by Crippen LogP contribution is 2.09. The Balaban J connectivity index is 2.86. The normalized spacial score (nSPS) is 10.1. The molecule has 0 atom stereocenters. The van der Waals surface area contributed by atoms with Gasteiger partial charge in [-0.05, 0) is 37.9 Å². The van der Waals surface area contributed by atoms with E-state index in [4.69, 9.17) is 5.11 Å². The highest BCUT2D eigenvalue weighted by molar-refractivity contribution is 5.37. The van der Waals surface area contributed by atoms with Crippen molar-refractivity contribution in [2.75, 3.05) is 20.7 Å². The van der Waals surface area contributed by atoms with E-state index >= 15 is 0 Å². The summed E-state index contributed by atoms with van der Waals surface area (Å²) in [6, 6.07) is 4.79. The van der Waals surface area contributed by atoms with Gasteiger partial charge >= 0.3 is 0 Å². The Morgan fingerprint density at radius 3 is 2.69 bits per heavy atom. The van der Waals surface area contributed by atoms with Gasteiger partial charge < -0.3 is 10.0 Å². The molecule has 86 valence electrons. The topological polar surface area (TPSA) is 23.5 Å². The summed E-state index contributed by atoms with van der Waals surface area (Å²) in [4.78, 5) is 1.97. The molecule has 2 nitrogen and oxygen atoms in total. The fraction of sp³-hybridized carbons (Fsp3) is 0.385. The molecule has 0 radical (unpaired) electrons. The molecule has 0 spiro atoms. The van der Waals surface area contributed by atoms with Crippen molar-refractivity contribution in [3.63, 3.8) is 0 Å². The molecule has 0 aliphatic rings. The summed E-state index contributed by atoms with van der Waals surface area (Å²) in [6.07, 6.45) is 0.416. The van der Waals surface area contributed by atoms with Crippen LogP contribution < -0.4 is 0 Å². The Bertz CT molecular complexity index is 404. The van der Waals surface area contributed by atoms with E-state index < -0.39 is 0 Å². The number of rotatable bonds is 3. The van der Waals surface area contributed by atoms with Crippen LogP contribution in [0.2, 0.25) is 0 Å². The lowest BCUT2D eigenvalue weighted by Crippen LogP contribution is -2.10. The Morgan fingerprint density at radius 2 is 2.06 bits per heavy atom. The summed E-state index contributed by atoms with van der Waals surface area (Å²) in [5.74, 6) is 5.34. The molecule has 0 saturated heterocycles. The van der Waals surface area contributed by atoms with Crippen LogP contribution in [-0.2, 0) is 6.54 Å². The number of halogens is 1. The number of aliphatic hydroxyl groups excluding tert-OH is 1. The fourth-order valence-corrected chi connectivity index (χ4v) is 1.40. The molecule has 1 aromatic carbocycles. The number of aliphatic hydroxyl groups is 1. The van der Waals surface area contributed by atoms with Crippen molar-refractivity contribution >= 4 is 0 Å². The van der Waals surface area contributed by atoms with Gasteiger partial charge in [0.15, 0.2) is 0 Å². The molecule has 0 fully saturated rings. The molecule has 1 rings (SSSR count). The molecule has 0 aliphatic carbocycles. The van der Waals surface area contributed by atoms with Gasteiger partial charge in [0.1, 0.15) is 5.82 Å². The summed E-state index contributed by atoms with van der Waals surface area (Å²) >= 11 is 0. The molecule has 0 aromatic heterocycles. The number of hydrogen-bond acceptors (Lipinski definition) is 2. The van der Waals surface area contributed by atoms with Crippen molar-refractivity contribution in [1.29, 1.82) is 0 Å². The molecule has 0 bridgehead atoms. The molecular formula is C13H16FNO. The van der Waals surface area contributed by atoms with Gasteiger partial charge in [0, 0.05) is 18.5 Å². The maximum Gasteiger partial charge on any atom is 0.124 e. The molecule has 0 amide bonds. The van der Waals surface area contributed by atoms with E-state index in [0.717, 1.165) is 5.56 Å². The van der Waals surface area contributed by atoms with Crippen LogP contribution in [0.15, 0.2) is 18.2 Å². The third-order valence-electron chi connectivity index (χ3n) is 1.93. The first-order valence-electron chi connectivity index (χ1n) is 5.16. The third kappa shape index (κ3) is 4.43. The van der Waals surface area contributed by atoms with Crippen LogP contribution >= 0.6 is 0 Å². The molecule has 1 N–H and O–H groups in total. The smallest absolute Gasteiger partial charge is 0.124 e. The zero-order valence-electron chi connectivity index (χ0n) is 9.63. The van der Waals surface area contributed by atoms with E-state index in [1.54, 1.807) is 0 Å². The van der Waals surface area contributed by atoms with Crippen LogP contribution in [0.3, 0.4) is 0 Å². The maximum atomic E-state index is 13.3. The number of nitrogens with zero attached hydrogens (tertiary/aromatic N) is 1. The summed E-state index contributed by atoms with van der Waals surface area (Å²) in [5.41, 5.74) is 1.56. The predicted molar refractivity (Wildman–Crippen MR) is 62.4 cm³/mol. The van der Waals surface area contributed by atoms with Crippen LogP contribution in [0.1, 0.15) is 17.5 Å². The Labute approximate surface area is 95.7 Å². The van der Waals surface area contributed by atoms with Crippen LogP contribution in [-0.4, -0.2) is 30.7 Å². The first-order valence-corrected chi connectivity index (χ1v) is 5.16. The molecule has 0 unspecified atom stereocenters. The van der Waals surface area contributed by atoms with Crippen molar-refractivity contribution in [3.8, 4) is 11.8 Å². The summed E-state index contributed by atoms with van der Waals surface area (Å²) < 4.78 is 13.3. The fourth-order valence-electron chi connectivity index (χ4n) is 1.40. The largest absolute Gasteiger partial charge is 0.395 e. The first-order chi connectivity index (χ1) is 7.61. The van der Waals surface area contributed by atoms with Crippen LogP contribution in [0.25, 0.3) is 0 Å². The standard InChI is InChI=1S/C13H16FNO/c1-15(2)10-12-7-11(5-3-4-6-16)8-13(14)9-12/h7-9,16H,4,6,10H2,1-2H3. The summed E-state index contributed by atoms with van der Waals surface area (Å²) in [6.45, 7) is 0.722. The van der Waals surface area contributed by atoms with Crippen molar-refractivity contribution < 1.29 is 9.50 Å². The lowest BCUT2D eigenvalue weighted by Gasteiger charge is -2.09. The number of benzene rings is 1. The molecule has 16 heavy (non-hydrogen) atoms. The first kappa shape index (κ1) is 12.7. The quantitative estimate of drug-likeness (QED) is 0.784. The van der Waals surface area contributed by atoms with Crippen LogP contribution in [0.5, 0.6) is 0 Å². The second kappa shape index (κ2) is 6.26. The van der Waals surface area contributed by atoms with E-state index in [-0.39, 0.29) is 12.4 Å². The minimum Gasteiger partial charge on any atom is -0.395 e. The van der Waals surface area contributed by atoms with Crippen LogP contribution in [0.4, 0.5) is 4.39 Å². The van der Waals surface area contributed by atoms with Gasteiger partial charge in [-0.1, -0.05) is 11.8 Å². The summed E-state index contributed by atoms with van der Waals surface area (Å²) in [5, 5.41) is 8.59. The van der Waals surface area contributed by atoms with E-state index in [9.17, 15) is 4.39 Å². The Kier molecular flexibility index (Phi) is 4.97. The molecule has 0 heterocycles. The average Bonchev–Trinajstić information content (AvgIpc) is 2.16. The molecular weight excluding hydrogens is 205 g/mol. The SMILES string of the molecule is CN(C)Cc1cc(F)cc(C#CCCO)c1. The van der Waals surface area contributed by atoms with Crippen molar-refractivity contribution in [2.45, 2.75) is 13.0 Å². The molecule has 3 heteroatoms. The van der Waals surface area contributed by atoms with E-state index in [1.165, 1.54) is 12.1 Å². The van der Waals surface area contributed by atoms with Gasteiger partial charge in [-0.15, -0.1) is 0 Å². The molecule has 0 saturated carbocycles. The van der Waals surface area contributed by atoms with E-state index in [1.807, 2.05) is 25.1 Å². The van der Waals surface area contributed by atoms with Crippen molar-refractivity contribution in [1.82, 2.24) is 4.90 Å². The predicted octanol–water partition coefficient (Wildman–Crippen LogP) is 1.62. The highest BCUT2D eigenvalue weighted by atomic mass is 19.1. The minimum atomic E-state index is -0.271. The monoisotopic (exact) mass is 221 g/mol. The highest BCUT2D eigenvalue weighted by Gasteiger charge is 2.00. The third-order valence-corrected chi connectivity index (χ3v) is 1.93. The van der Waals surface area contributed by atoms with E-state index in [2.05, 4.69) is 11.8 Å². The second-order valence-electron chi connectivity index (χ2n) is 3.86. The van der Waals surface area contributed by atoms with Gasteiger partial charge in [0.05, 0.1) is 6.61 Å². The molecule has 1 aromatic rings. The zero-order chi connectivity index (χ0) is 12.0. The van der Waals surface area contributed by atoms with Gasteiger partial charge in [-0.2, -0.15) is 0 Å². The Morgan fingerprint density at radius 1 is 1.31 bits per heavy atom. The maximum absolute atomic E-state index is 13.3. The van der Waals surface area contributed by atoms with Crippen molar-refractivity contribution in [3.05, 3.63) is 35.1 Å². The summed E-state index contributed by atoms with van der Waals surface area (Å²) in [7, 11) is 3.87. The van der Waals surface area contributed by atoms with Crippen LogP contribution in [0, 0.1) is 17.7 Å². The van der Waals surface area contributed by atoms with Gasteiger partial charge in [-0.3, -0.25) is 0 Å². The zero-order valence-corrected chi connectivity index (χ0v) is 9.63. The van der Waals surface area contributed by atoms with Gasteiger partial charge in [0.25, 0.3) is 0 Å².